The summed E-state index contributed by atoms with van der Waals surface area (Å²) in [5, 5.41) is 8.22. The van der Waals surface area contributed by atoms with E-state index in [4.69, 9.17) is 10.8 Å². The molecule has 0 aromatic rings. The molecule has 4 nitrogen and oxygen atoms in total. The van der Waals surface area contributed by atoms with Crippen molar-refractivity contribution >= 4 is 11.9 Å². The van der Waals surface area contributed by atoms with Gasteiger partial charge in [0.25, 0.3) is 0 Å². The zero-order chi connectivity index (χ0) is 8.15. The molecule has 0 saturated carbocycles. The van der Waals surface area contributed by atoms with Gasteiger partial charge in [-0.1, -0.05) is 6.08 Å². The molecule has 0 bridgehead atoms. The molecule has 0 aliphatic heterocycles. The van der Waals surface area contributed by atoms with Crippen molar-refractivity contribution in [3.05, 3.63) is 11.6 Å². The third-order valence-corrected chi connectivity index (χ3v) is 1.01. The minimum absolute atomic E-state index is 0.132. The van der Waals surface area contributed by atoms with Gasteiger partial charge in [0.15, 0.2) is 0 Å². The Kier molecular flexibility index (Phi) is 3.17. The van der Waals surface area contributed by atoms with Crippen molar-refractivity contribution in [2.24, 2.45) is 5.73 Å². The van der Waals surface area contributed by atoms with E-state index >= 15 is 0 Å². The van der Waals surface area contributed by atoms with Crippen LogP contribution in [0, 0.1) is 0 Å². The van der Waals surface area contributed by atoms with Gasteiger partial charge in [-0.25, -0.2) is 0 Å². The molecule has 3 N–H and O–H groups in total. The highest BCUT2D eigenvalue weighted by molar-refractivity contribution is 5.96. The van der Waals surface area contributed by atoms with Crippen LogP contribution in [0.3, 0.4) is 0 Å². The number of hydrogen-bond donors (Lipinski definition) is 2. The largest absolute Gasteiger partial charge is 0.481 e. The van der Waals surface area contributed by atoms with Crippen molar-refractivity contribution < 1.29 is 14.7 Å². The van der Waals surface area contributed by atoms with Crippen molar-refractivity contribution in [3.8, 4) is 0 Å². The summed E-state index contributed by atoms with van der Waals surface area (Å²) >= 11 is 0. The van der Waals surface area contributed by atoms with Crippen LogP contribution >= 0.6 is 0 Å². The second kappa shape index (κ2) is 3.66. The molecule has 0 aromatic heterocycles. The Bertz CT molecular complexity index is 183. The predicted octanol–water partition coefficient (Wildman–Crippen LogP) is -0.107. The van der Waals surface area contributed by atoms with E-state index in [0.29, 0.717) is 0 Å². The first-order chi connectivity index (χ1) is 4.57. The molecule has 0 rings (SSSR count). The number of allylic oxidation sites excluding steroid dienone is 1. The number of carboxylic acids is 1. The first kappa shape index (κ1) is 8.68. The SMILES string of the molecule is CC=C(CC(=O)O)C(N)=O. The van der Waals surface area contributed by atoms with Crippen molar-refractivity contribution in [2.75, 3.05) is 0 Å². The lowest BCUT2D eigenvalue weighted by Crippen LogP contribution is -2.16. The van der Waals surface area contributed by atoms with Crippen molar-refractivity contribution in [1.29, 1.82) is 0 Å². The summed E-state index contributed by atoms with van der Waals surface area (Å²) in [6, 6.07) is 0. The maximum absolute atomic E-state index is 10.4. The molecule has 0 radical (unpaired) electrons. The molecular weight excluding hydrogens is 134 g/mol. The van der Waals surface area contributed by atoms with E-state index < -0.39 is 11.9 Å². The van der Waals surface area contributed by atoms with Gasteiger partial charge in [0, 0.05) is 5.57 Å². The molecule has 0 aliphatic rings. The van der Waals surface area contributed by atoms with Crippen LogP contribution in [0.4, 0.5) is 0 Å². The average Bonchev–Trinajstić information content (AvgIpc) is 1.81. The number of hydrogen-bond acceptors (Lipinski definition) is 2. The number of aliphatic carboxylic acids is 1. The topological polar surface area (TPSA) is 80.4 Å². The van der Waals surface area contributed by atoms with Gasteiger partial charge in [0.05, 0.1) is 6.42 Å². The van der Waals surface area contributed by atoms with E-state index in [9.17, 15) is 9.59 Å². The maximum atomic E-state index is 10.4. The van der Waals surface area contributed by atoms with Crippen molar-refractivity contribution in [2.45, 2.75) is 13.3 Å². The normalized spacial score (nSPS) is 11.1. The fourth-order valence-electron chi connectivity index (χ4n) is 0.494. The molecular formula is C6H9NO3. The number of carbonyl (C=O) groups is 2. The van der Waals surface area contributed by atoms with E-state index in [1.54, 1.807) is 6.92 Å². The lowest BCUT2D eigenvalue weighted by molar-refractivity contribution is -0.137. The summed E-state index contributed by atoms with van der Waals surface area (Å²) in [5.74, 6) is -1.73. The minimum atomic E-state index is -1.05. The van der Waals surface area contributed by atoms with Crippen LogP contribution in [0.2, 0.25) is 0 Å². The summed E-state index contributed by atoms with van der Waals surface area (Å²) < 4.78 is 0. The van der Waals surface area contributed by atoms with Gasteiger partial charge >= 0.3 is 5.97 Å². The van der Waals surface area contributed by atoms with Crippen molar-refractivity contribution in [3.63, 3.8) is 0 Å². The van der Waals surface area contributed by atoms with Gasteiger partial charge in [-0.15, -0.1) is 0 Å². The molecule has 0 spiro atoms. The fourth-order valence-corrected chi connectivity index (χ4v) is 0.494. The molecule has 4 heteroatoms. The van der Waals surface area contributed by atoms with Gasteiger partial charge in [-0.05, 0) is 6.92 Å². The monoisotopic (exact) mass is 143 g/mol. The van der Waals surface area contributed by atoms with E-state index in [1.165, 1.54) is 6.08 Å². The lowest BCUT2D eigenvalue weighted by atomic mass is 10.2. The third-order valence-electron chi connectivity index (χ3n) is 1.01. The molecule has 1 amide bonds. The first-order valence-electron chi connectivity index (χ1n) is 2.74. The van der Waals surface area contributed by atoms with Crippen molar-refractivity contribution in [1.82, 2.24) is 0 Å². The van der Waals surface area contributed by atoms with Crippen LogP contribution in [0.25, 0.3) is 0 Å². The number of carboxylic acid groups (broad SMARTS) is 1. The summed E-state index contributed by atoms with van der Waals surface area (Å²) in [5.41, 5.74) is 4.96. The van der Waals surface area contributed by atoms with E-state index in [1.807, 2.05) is 0 Å². The molecule has 0 aromatic carbocycles. The summed E-state index contributed by atoms with van der Waals surface area (Å²) in [4.78, 5) is 20.4. The van der Waals surface area contributed by atoms with Crippen LogP contribution in [0.1, 0.15) is 13.3 Å². The van der Waals surface area contributed by atoms with Gasteiger partial charge in [0.1, 0.15) is 0 Å². The predicted molar refractivity (Wildman–Crippen MR) is 35.2 cm³/mol. The van der Waals surface area contributed by atoms with Crippen LogP contribution in [-0.4, -0.2) is 17.0 Å². The Morgan fingerprint density at radius 2 is 2.10 bits per heavy atom. The lowest BCUT2D eigenvalue weighted by Gasteiger charge is -1.95. The molecule has 0 saturated heterocycles. The third kappa shape index (κ3) is 2.86. The van der Waals surface area contributed by atoms with Crippen LogP contribution < -0.4 is 5.73 Å². The molecule has 56 valence electrons. The van der Waals surface area contributed by atoms with Gasteiger partial charge < -0.3 is 10.8 Å². The number of amides is 1. The molecule has 10 heavy (non-hydrogen) atoms. The standard InChI is InChI=1S/C6H9NO3/c1-2-4(6(7)10)3-5(8)9/h2H,3H2,1H3,(H2,7,10)(H,8,9). The number of primary amides is 1. The zero-order valence-electron chi connectivity index (χ0n) is 5.63. The van der Waals surface area contributed by atoms with Crippen LogP contribution in [0.15, 0.2) is 11.6 Å². The maximum Gasteiger partial charge on any atom is 0.308 e. The van der Waals surface area contributed by atoms with Gasteiger partial charge in [-0.3, -0.25) is 9.59 Å². The molecule has 0 atom stereocenters. The van der Waals surface area contributed by atoms with E-state index in [-0.39, 0.29) is 12.0 Å². The summed E-state index contributed by atoms with van der Waals surface area (Å²) in [7, 11) is 0. The summed E-state index contributed by atoms with van der Waals surface area (Å²) in [6.45, 7) is 1.57. The minimum Gasteiger partial charge on any atom is -0.481 e. The Labute approximate surface area is 58.3 Å². The second-order valence-electron chi connectivity index (χ2n) is 1.75. The smallest absolute Gasteiger partial charge is 0.308 e. The van der Waals surface area contributed by atoms with Gasteiger partial charge in [0.2, 0.25) is 5.91 Å². The number of carbonyl (C=O) groups excluding carboxylic acids is 1. The summed E-state index contributed by atoms with van der Waals surface area (Å²) in [6.07, 6.45) is 1.10. The molecule has 0 fully saturated rings. The fraction of sp³-hybridized carbons (Fsp3) is 0.333. The molecule has 0 aliphatic carbocycles. The molecule has 0 unspecified atom stereocenters. The zero-order valence-corrected chi connectivity index (χ0v) is 5.63. The van der Waals surface area contributed by atoms with E-state index in [2.05, 4.69) is 0 Å². The van der Waals surface area contributed by atoms with Crippen LogP contribution in [-0.2, 0) is 9.59 Å². The van der Waals surface area contributed by atoms with Gasteiger partial charge in [-0.2, -0.15) is 0 Å². The highest BCUT2D eigenvalue weighted by Crippen LogP contribution is 1.98. The average molecular weight is 143 g/mol. The highest BCUT2D eigenvalue weighted by Gasteiger charge is 2.07. The number of nitrogens with two attached hydrogens (primary N) is 1. The Hall–Kier alpha value is -1.32. The van der Waals surface area contributed by atoms with Crippen LogP contribution in [0.5, 0.6) is 0 Å². The first-order valence-corrected chi connectivity index (χ1v) is 2.74. The Morgan fingerprint density at radius 1 is 1.60 bits per heavy atom. The molecule has 0 heterocycles. The Balaban J connectivity index is 4.12. The highest BCUT2D eigenvalue weighted by atomic mass is 16.4. The quantitative estimate of drug-likeness (QED) is 0.541. The second-order valence-corrected chi connectivity index (χ2v) is 1.75. The Morgan fingerprint density at radius 3 is 2.20 bits per heavy atom. The number of rotatable bonds is 3. The van der Waals surface area contributed by atoms with E-state index in [0.717, 1.165) is 0 Å².